The molecule has 0 radical (unpaired) electrons. The lowest BCUT2D eigenvalue weighted by molar-refractivity contribution is -0.151. The Kier molecular flexibility index (Phi) is 5.88. The van der Waals surface area contributed by atoms with Crippen molar-refractivity contribution < 1.29 is 14.6 Å². The number of carbonyl (C=O) groups is 1. The number of unbranched alkanes of at least 4 members (excludes halogenated alkanes) is 7. The van der Waals surface area contributed by atoms with Crippen molar-refractivity contribution in [1.29, 1.82) is 0 Å². The van der Waals surface area contributed by atoms with Gasteiger partial charge in [-0.3, -0.25) is 4.79 Å². The molecule has 1 aliphatic carbocycles. The summed E-state index contributed by atoms with van der Waals surface area (Å²) in [6.45, 7) is 2.24. The Morgan fingerprint density at radius 3 is 2.35 bits per heavy atom. The third-order valence-corrected chi connectivity index (χ3v) is 5.15. The van der Waals surface area contributed by atoms with Crippen molar-refractivity contribution in [2.45, 2.75) is 96.2 Å². The van der Waals surface area contributed by atoms with E-state index in [1.807, 2.05) is 0 Å². The Morgan fingerprint density at radius 1 is 1.10 bits per heavy atom. The molecule has 20 heavy (non-hydrogen) atoms. The van der Waals surface area contributed by atoms with Crippen molar-refractivity contribution in [2.24, 2.45) is 5.41 Å². The Hall–Kier alpha value is -0.570. The third-order valence-electron chi connectivity index (χ3n) is 5.15. The number of rotatable bonds is 10. The van der Waals surface area contributed by atoms with E-state index in [1.54, 1.807) is 0 Å². The van der Waals surface area contributed by atoms with Crippen LogP contribution >= 0.6 is 0 Å². The summed E-state index contributed by atoms with van der Waals surface area (Å²) in [5.41, 5.74) is -0.472. The molecule has 0 aromatic carbocycles. The van der Waals surface area contributed by atoms with Crippen LogP contribution < -0.4 is 0 Å². The van der Waals surface area contributed by atoms with Crippen molar-refractivity contribution in [1.82, 2.24) is 0 Å². The number of fused-ring (bicyclic) bond motifs is 1. The fraction of sp³-hybridized carbons (Fsp3) is 0.941. The lowest BCUT2D eigenvalue weighted by Gasteiger charge is -2.31. The number of aliphatic carboxylic acids is 1. The minimum atomic E-state index is -0.589. The number of hydrogen-bond donors (Lipinski definition) is 1. The van der Waals surface area contributed by atoms with Gasteiger partial charge < -0.3 is 9.84 Å². The predicted octanol–water partition coefficient (Wildman–Crippen LogP) is 4.54. The van der Waals surface area contributed by atoms with Crippen LogP contribution in [-0.2, 0) is 9.53 Å². The molecule has 2 aliphatic rings. The first-order valence-electron chi connectivity index (χ1n) is 8.57. The normalized spacial score (nSPS) is 31.9. The molecule has 1 aliphatic heterocycles. The van der Waals surface area contributed by atoms with E-state index in [0.717, 1.165) is 32.1 Å². The van der Waals surface area contributed by atoms with Crippen LogP contribution in [0.1, 0.15) is 84.0 Å². The van der Waals surface area contributed by atoms with Gasteiger partial charge in [-0.25, -0.2) is 0 Å². The summed E-state index contributed by atoms with van der Waals surface area (Å²) >= 11 is 0. The molecule has 0 aromatic heterocycles. The maximum absolute atomic E-state index is 11.6. The number of ether oxygens (including phenoxy) is 1. The molecule has 3 heteroatoms. The zero-order valence-corrected chi connectivity index (χ0v) is 12.9. The van der Waals surface area contributed by atoms with Crippen LogP contribution in [0.4, 0.5) is 0 Å². The largest absolute Gasteiger partial charge is 0.481 e. The van der Waals surface area contributed by atoms with Crippen molar-refractivity contribution in [3.05, 3.63) is 0 Å². The summed E-state index contributed by atoms with van der Waals surface area (Å²) in [5, 5.41) is 9.57. The number of epoxide rings is 1. The molecule has 0 amide bonds. The Bertz CT molecular complexity index is 315. The number of carboxylic acid groups (broad SMARTS) is 1. The number of hydrogen-bond acceptors (Lipinski definition) is 2. The van der Waals surface area contributed by atoms with Gasteiger partial charge in [-0.15, -0.1) is 0 Å². The summed E-state index contributed by atoms with van der Waals surface area (Å²) in [7, 11) is 0. The topological polar surface area (TPSA) is 49.8 Å². The maximum Gasteiger partial charge on any atom is 0.309 e. The maximum atomic E-state index is 11.6. The van der Waals surface area contributed by atoms with E-state index in [0.29, 0.717) is 6.10 Å². The zero-order valence-electron chi connectivity index (χ0n) is 12.9. The average Bonchev–Trinajstić information content (AvgIpc) is 3.19. The molecule has 0 bridgehead atoms. The molecule has 1 heterocycles. The standard InChI is InChI=1S/C17H30O3/c1-2-3-4-5-6-7-8-9-11-17(16(18)19)12-10-14-15(13-17)20-14/h14-15H,2-13H2,1H3,(H,18,19). The van der Waals surface area contributed by atoms with E-state index in [1.165, 1.54) is 44.9 Å². The fourth-order valence-corrected chi connectivity index (χ4v) is 3.64. The van der Waals surface area contributed by atoms with Crippen molar-refractivity contribution in [3.63, 3.8) is 0 Å². The van der Waals surface area contributed by atoms with Gasteiger partial charge in [-0.2, -0.15) is 0 Å². The second kappa shape index (κ2) is 7.44. The highest BCUT2D eigenvalue weighted by atomic mass is 16.6. The molecule has 3 atom stereocenters. The van der Waals surface area contributed by atoms with Gasteiger partial charge in [0.1, 0.15) is 0 Å². The van der Waals surface area contributed by atoms with Crippen LogP contribution in [0.5, 0.6) is 0 Å². The lowest BCUT2D eigenvalue weighted by Crippen LogP contribution is -2.36. The molecular weight excluding hydrogens is 252 g/mol. The molecule has 0 spiro atoms. The summed E-state index contributed by atoms with van der Waals surface area (Å²) in [6.07, 6.45) is 14.2. The minimum Gasteiger partial charge on any atom is -0.481 e. The van der Waals surface area contributed by atoms with E-state index in [2.05, 4.69) is 6.92 Å². The van der Waals surface area contributed by atoms with Crippen molar-refractivity contribution in [2.75, 3.05) is 0 Å². The highest BCUT2D eigenvalue weighted by Gasteiger charge is 2.53. The Morgan fingerprint density at radius 2 is 1.75 bits per heavy atom. The monoisotopic (exact) mass is 282 g/mol. The third kappa shape index (κ3) is 4.21. The Balaban J connectivity index is 1.60. The Labute approximate surface area is 123 Å². The zero-order chi connectivity index (χ0) is 14.4. The molecule has 3 nitrogen and oxygen atoms in total. The van der Waals surface area contributed by atoms with Gasteiger partial charge in [0.05, 0.1) is 17.6 Å². The quantitative estimate of drug-likeness (QED) is 0.473. The second-order valence-corrected chi connectivity index (χ2v) is 6.77. The van der Waals surface area contributed by atoms with Gasteiger partial charge in [0, 0.05) is 0 Å². The van der Waals surface area contributed by atoms with Crippen molar-refractivity contribution >= 4 is 5.97 Å². The summed E-state index contributed by atoms with van der Waals surface area (Å²) in [4.78, 5) is 11.6. The van der Waals surface area contributed by atoms with E-state index in [4.69, 9.17) is 4.74 Å². The molecule has 0 aromatic rings. The summed E-state index contributed by atoms with van der Waals surface area (Å²) in [6, 6.07) is 0. The summed E-state index contributed by atoms with van der Waals surface area (Å²) < 4.78 is 5.50. The molecule has 1 saturated heterocycles. The first-order chi connectivity index (χ1) is 9.68. The predicted molar refractivity (Wildman–Crippen MR) is 79.8 cm³/mol. The van der Waals surface area contributed by atoms with Gasteiger partial charge in [-0.1, -0.05) is 58.3 Å². The molecule has 2 fully saturated rings. The molecule has 3 unspecified atom stereocenters. The van der Waals surface area contributed by atoms with Crippen LogP contribution in [0, 0.1) is 5.41 Å². The van der Waals surface area contributed by atoms with Gasteiger partial charge in [0.25, 0.3) is 0 Å². The SMILES string of the molecule is CCCCCCCCCCC1(C(=O)O)CCC2OC2C1. The van der Waals surface area contributed by atoms with Gasteiger partial charge in [0.15, 0.2) is 0 Å². The molecular formula is C17H30O3. The first-order valence-corrected chi connectivity index (χ1v) is 8.57. The smallest absolute Gasteiger partial charge is 0.309 e. The van der Waals surface area contributed by atoms with E-state index >= 15 is 0 Å². The number of carboxylic acids is 1. The van der Waals surface area contributed by atoms with Crippen LogP contribution in [0.2, 0.25) is 0 Å². The van der Waals surface area contributed by atoms with Crippen LogP contribution in [0.3, 0.4) is 0 Å². The van der Waals surface area contributed by atoms with Crippen LogP contribution in [-0.4, -0.2) is 23.3 Å². The van der Waals surface area contributed by atoms with Crippen LogP contribution in [0.15, 0.2) is 0 Å². The molecule has 2 rings (SSSR count). The first kappa shape index (κ1) is 15.8. The lowest BCUT2D eigenvalue weighted by atomic mass is 9.71. The fourth-order valence-electron chi connectivity index (χ4n) is 3.64. The molecule has 1 saturated carbocycles. The minimum absolute atomic E-state index is 0.258. The average molecular weight is 282 g/mol. The van der Waals surface area contributed by atoms with E-state index < -0.39 is 11.4 Å². The van der Waals surface area contributed by atoms with Gasteiger partial charge >= 0.3 is 5.97 Å². The van der Waals surface area contributed by atoms with Gasteiger partial charge in [0.2, 0.25) is 0 Å². The highest BCUT2D eigenvalue weighted by molar-refractivity contribution is 5.75. The van der Waals surface area contributed by atoms with Crippen molar-refractivity contribution in [3.8, 4) is 0 Å². The van der Waals surface area contributed by atoms with E-state index in [9.17, 15) is 9.90 Å². The highest BCUT2D eigenvalue weighted by Crippen LogP contribution is 2.49. The van der Waals surface area contributed by atoms with E-state index in [-0.39, 0.29) is 6.10 Å². The summed E-state index contributed by atoms with van der Waals surface area (Å²) in [5.74, 6) is -0.589. The van der Waals surface area contributed by atoms with Gasteiger partial charge in [-0.05, 0) is 25.7 Å². The second-order valence-electron chi connectivity index (χ2n) is 6.77. The van der Waals surface area contributed by atoms with Crippen LogP contribution in [0.25, 0.3) is 0 Å². The molecule has 1 N–H and O–H groups in total. The molecule has 116 valence electrons.